The van der Waals surface area contributed by atoms with Crippen molar-refractivity contribution >= 4 is 18.3 Å². The molecule has 4 nitrogen and oxygen atoms in total. The molecular formula is C10H21ClN2O2. The predicted octanol–water partition coefficient (Wildman–Crippen LogP) is 0.639. The van der Waals surface area contributed by atoms with Gasteiger partial charge >= 0.3 is 0 Å². The van der Waals surface area contributed by atoms with Crippen LogP contribution in [0.1, 0.15) is 20.8 Å². The maximum Gasteiger partial charge on any atom is 0.239 e. The molecule has 1 fully saturated rings. The van der Waals surface area contributed by atoms with E-state index in [1.54, 1.807) is 11.8 Å². The first kappa shape index (κ1) is 14.7. The van der Waals surface area contributed by atoms with E-state index in [2.05, 4.69) is 13.8 Å². The summed E-state index contributed by atoms with van der Waals surface area (Å²) < 4.78 is 5.56. The van der Waals surface area contributed by atoms with Crippen molar-refractivity contribution in [1.29, 1.82) is 0 Å². The molecule has 15 heavy (non-hydrogen) atoms. The Labute approximate surface area is 97.5 Å². The van der Waals surface area contributed by atoms with E-state index in [1.165, 1.54) is 0 Å². The number of halogens is 1. The molecule has 0 spiro atoms. The molecule has 1 saturated heterocycles. The van der Waals surface area contributed by atoms with Crippen LogP contribution in [0.2, 0.25) is 0 Å². The van der Waals surface area contributed by atoms with Gasteiger partial charge in [0.1, 0.15) is 0 Å². The number of carbonyl (C=O) groups excluding carboxylic acids is 1. The van der Waals surface area contributed by atoms with Gasteiger partial charge in [-0.05, 0) is 12.8 Å². The van der Waals surface area contributed by atoms with E-state index in [9.17, 15) is 4.79 Å². The SMILES string of the molecule is CC(N)C(=O)N1CCOC(C(C)C)C1.Cl. The standard InChI is InChI=1S/C10H20N2O2.ClH/c1-7(2)9-6-12(4-5-14-9)10(13)8(3)11;/h7-9H,4-6,11H2,1-3H3;1H. The van der Waals surface area contributed by atoms with Crippen molar-refractivity contribution in [2.45, 2.75) is 32.9 Å². The van der Waals surface area contributed by atoms with Crippen molar-refractivity contribution in [3.05, 3.63) is 0 Å². The topological polar surface area (TPSA) is 55.6 Å². The van der Waals surface area contributed by atoms with Crippen molar-refractivity contribution in [2.75, 3.05) is 19.7 Å². The van der Waals surface area contributed by atoms with Gasteiger partial charge in [-0.3, -0.25) is 4.79 Å². The first-order valence-corrected chi connectivity index (χ1v) is 5.18. The van der Waals surface area contributed by atoms with E-state index in [-0.39, 0.29) is 24.4 Å². The highest BCUT2D eigenvalue weighted by atomic mass is 35.5. The number of nitrogens with two attached hydrogens (primary N) is 1. The summed E-state index contributed by atoms with van der Waals surface area (Å²) in [7, 11) is 0. The van der Waals surface area contributed by atoms with Crippen LogP contribution in [0.25, 0.3) is 0 Å². The second kappa shape index (κ2) is 6.30. The lowest BCUT2D eigenvalue weighted by Crippen LogP contribution is -2.51. The second-order valence-electron chi connectivity index (χ2n) is 4.23. The molecule has 2 N–H and O–H groups in total. The highest BCUT2D eigenvalue weighted by molar-refractivity contribution is 5.85. The van der Waals surface area contributed by atoms with Crippen molar-refractivity contribution in [2.24, 2.45) is 11.7 Å². The molecule has 2 atom stereocenters. The Hall–Kier alpha value is -0.320. The van der Waals surface area contributed by atoms with Crippen LogP contribution in [0, 0.1) is 5.92 Å². The summed E-state index contributed by atoms with van der Waals surface area (Å²) in [6.07, 6.45) is 0.159. The lowest BCUT2D eigenvalue weighted by Gasteiger charge is -2.35. The number of morpholine rings is 1. The first-order chi connectivity index (χ1) is 6.52. The first-order valence-electron chi connectivity index (χ1n) is 5.18. The van der Waals surface area contributed by atoms with E-state index < -0.39 is 6.04 Å². The number of carbonyl (C=O) groups is 1. The third-order valence-corrected chi connectivity index (χ3v) is 2.54. The molecule has 1 aliphatic heterocycles. The number of ether oxygens (including phenoxy) is 1. The van der Waals surface area contributed by atoms with Gasteiger partial charge in [-0.15, -0.1) is 12.4 Å². The van der Waals surface area contributed by atoms with Crippen LogP contribution < -0.4 is 5.73 Å². The minimum atomic E-state index is -0.402. The lowest BCUT2D eigenvalue weighted by atomic mass is 10.1. The smallest absolute Gasteiger partial charge is 0.239 e. The highest BCUT2D eigenvalue weighted by Crippen LogP contribution is 2.13. The van der Waals surface area contributed by atoms with E-state index in [0.717, 1.165) is 0 Å². The van der Waals surface area contributed by atoms with Crippen molar-refractivity contribution in [3.63, 3.8) is 0 Å². The van der Waals surface area contributed by atoms with Crippen LogP contribution in [-0.2, 0) is 9.53 Å². The van der Waals surface area contributed by atoms with Crippen LogP contribution in [0.4, 0.5) is 0 Å². The molecule has 0 aliphatic carbocycles. The summed E-state index contributed by atoms with van der Waals surface area (Å²) in [4.78, 5) is 13.4. The van der Waals surface area contributed by atoms with Gasteiger partial charge in [-0.2, -0.15) is 0 Å². The zero-order valence-electron chi connectivity index (χ0n) is 9.60. The van der Waals surface area contributed by atoms with Crippen LogP contribution >= 0.6 is 12.4 Å². The van der Waals surface area contributed by atoms with Gasteiger partial charge in [0.25, 0.3) is 0 Å². The summed E-state index contributed by atoms with van der Waals surface area (Å²) in [6, 6.07) is -0.402. The average molecular weight is 237 g/mol. The molecule has 0 saturated carbocycles. The minimum absolute atomic E-state index is 0. The Morgan fingerprint density at radius 3 is 2.53 bits per heavy atom. The van der Waals surface area contributed by atoms with E-state index >= 15 is 0 Å². The molecule has 0 aromatic carbocycles. The van der Waals surface area contributed by atoms with Crippen molar-refractivity contribution in [1.82, 2.24) is 4.90 Å². The van der Waals surface area contributed by atoms with E-state index in [4.69, 9.17) is 10.5 Å². The van der Waals surface area contributed by atoms with Gasteiger partial charge in [0.2, 0.25) is 5.91 Å². The third kappa shape index (κ3) is 3.97. The maximum absolute atomic E-state index is 11.6. The molecule has 90 valence electrons. The van der Waals surface area contributed by atoms with Crippen LogP contribution in [0.3, 0.4) is 0 Å². The second-order valence-corrected chi connectivity index (χ2v) is 4.23. The fourth-order valence-electron chi connectivity index (χ4n) is 1.57. The maximum atomic E-state index is 11.6. The number of hydrogen-bond acceptors (Lipinski definition) is 3. The van der Waals surface area contributed by atoms with Crippen LogP contribution in [-0.4, -0.2) is 42.6 Å². The predicted molar refractivity (Wildman–Crippen MR) is 62.1 cm³/mol. The summed E-state index contributed by atoms with van der Waals surface area (Å²) in [5.74, 6) is 0.470. The minimum Gasteiger partial charge on any atom is -0.374 e. The quantitative estimate of drug-likeness (QED) is 0.766. The zero-order valence-corrected chi connectivity index (χ0v) is 10.4. The Morgan fingerprint density at radius 1 is 1.47 bits per heavy atom. The Morgan fingerprint density at radius 2 is 2.07 bits per heavy atom. The van der Waals surface area contributed by atoms with Gasteiger partial charge in [-0.25, -0.2) is 0 Å². The lowest BCUT2D eigenvalue weighted by molar-refractivity contribution is -0.141. The Balaban J connectivity index is 0.00000196. The molecule has 1 amide bonds. The van der Waals surface area contributed by atoms with E-state index in [0.29, 0.717) is 25.6 Å². The molecule has 0 radical (unpaired) electrons. The summed E-state index contributed by atoms with van der Waals surface area (Å²) in [5.41, 5.74) is 5.56. The third-order valence-electron chi connectivity index (χ3n) is 2.54. The fraction of sp³-hybridized carbons (Fsp3) is 0.900. The van der Waals surface area contributed by atoms with Gasteiger partial charge in [0.15, 0.2) is 0 Å². The number of amides is 1. The normalized spacial score (nSPS) is 23.5. The van der Waals surface area contributed by atoms with Gasteiger partial charge in [0, 0.05) is 13.1 Å². The van der Waals surface area contributed by atoms with Gasteiger partial charge < -0.3 is 15.4 Å². The molecule has 1 aliphatic rings. The molecule has 1 rings (SSSR count). The molecule has 1 heterocycles. The molecule has 0 aromatic heterocycles. The average Bonchev–Trinajstić information content (AvgIpc) is 2.16. The van der Waals surface area contributed by atoms with Crippen LogP contribution in [0.5, 0.6) is 0 Å². The molecular weight excluding hydrogens is 216 g/mol. The Bertz CT molecular complexity index is 210. The highest BCUT2D eigenvalue weighted by Gasteiger charge is 2.27. The van der Waals surface area contributed by atoms with Crippen LogP contribution in [0.15, 0.2) is 0 Å². The summed E-state index contributed by atoms with van der Waals surface area (Å²) >= 11 is 0. The zero-order chi connectivity index (χ0) is 10.7. The van der Waals surface area contributed by atoms with E-state index in [1.807, 2.05) is 0 Å². The number of hydrogen-bond donors (Lipinski definition) is 1. The van der Waals surface area contributed by atoms with Gasteiger partial charge in [-0.1, -0.05) is 13.8 Å². The molecule has 5 heteroatoms. The number of rotatable bonds is 2. The van der Waals surface area contributed by atoms with Gasteiger partial charge in [0.05, 0.1) is 18.8 Å². The monoisotopic (exact) mass is 236 g/mol. The molecule has 0 bridgehead atoms. The Kier molecular flexibility index (Phi) is 6.17. The van der Waals surface area contributed by atoms with Crippen molar-refractivity contribution < 1.29 is 9.53 Å². The number of nitrogens with zero attached hydrogens (tertiary/aromatic N) is 1. The largest absolute Gasteiger partial charge is 0.374 e. The fourth-order valence-corrected chi connectivity index (χ4v) is 1.57. The van der Waals surface area contributed by atoms with Crippen molar-refractivity contribution in [3.8, 4) is 0 Å². The molecule has 2 unspecified atom stereocenters. The summed E-state index contributed by atoms with van der Waals surface area (Å²) in [5, 5.41) is 0. The summed E-state index contributed by atoms with van der Waals surface area (Å²) in [6.45, 7) is 7.90. The molecule has 0 aromatic rings.